The minimum Gasteiger partial charge on any atom is -0.353 e. The van der Waals surface area contributed by atoms with Gasteiger partial charge >= 0.3 is 0 Å². The molecule has 0 atom stereocenters. The van der Waals surface area contributed by atoms with Gasteiger partial charge in [-0.3, -0.25) is 4.79 Å². The van der Waals surface area contributed by atoms with Crippen LogP contribution >= 0.6 is 11.6 Å². The summed E-state index contributed by atoms with van der Waals surface area (Å²) in [7, 11) is 0. The fourth-order valence-corrected chi connectivity index (χ4v) is 2.74. The molecule has 0 spiro atoms. The van der Waals surface area contributed by atoms with E-state index >= 15 is 0 Å². The highest BCUT2D eigenvalue weighted by molar-refractivity contribution is 6.31. The van der Waals surface area contributed by atoms with Crippen LogP contribution in [0.1, 0.15) is 38.2 Å². The second kappa shape index (κ2) is 6.40. The Labute approximate surface area is 119 Å². The second-order valence-electron chi connectivity index (χ2n) is 5.49. The fourth-order valence-electron chi connectivity index (χ4n) is 2.45. The Morgan fingerprint density at radius 3 is 2.68 bits per heavy atom. The van der Waals surface area contributed by atoms with E-state index in [0.717, 1.165) is 17.9 Å². The molecule has 0 aliphatic heterocycles. The Morgan fingerprint density at radius 1 is 1.37 bits per heavy atom. The van der Waals surface area contributed by atoms with Crippen molar-refractivity contribution in [2.24, 2.45) is 0 Å². The van der Waals surface area contributed by atoms with Crippen molar-refractivity contribution in [3.63, 3.8) is 0 Å². The number of hydrogen-bond acceptors (Lipinski definition) is 2. The SMILES string of the molecule is CC(C)NC(=O)CNC1CC(c2ccccc2Cl)C1. The molecule has 1 aliphatic carbocycles. The summed E-state index contributed by atoms with van der Waals surface area (Å²) in [6.45, 7) is 4.33. The summed E-state index contributed by atoms with van der Waals surface area (Å²) in [4.78, 5) is 11.5. The van der Waals surface area contributed by atoms with Crippen LogP contribution in [-0.4, -0.2) is 24.5 Å². The fraction of sp³-hybridized carbons (Fsp3) is 0.533. The van der Waals surface area contributed by atoms with Crippen molar-refractivity contribution in [2.75, 3.05) is 6.54 Å². The summed E-state index contributed by atoms with van der Waals surface area (Å²) in [6, 6.07) is 8.64. The van der Waals surface area contributed by atoms with Crippen LogP contribution in [0.3, 0.4) is 0 Å². The molecule has 4 heteroatoms. The zero-order chi connectivity index (χ0) is 13.8. The van der Waals surface area contributed by atoms with E-state index in [1.54, 1.807) is 0 Å². The normalized spacial score (nSPS) is 22.1. The molecule has 0 aromatic heterocycles. The number of rotatable bonds is 5. The standard InChI is InChI=1S/C15H21ClN2O/c1-10(2)18-15(19)9-17-12-7-11(8-12)13-5-3-4-6-14(13)16/h3-6,10-12,17H,7-9H2,1-2H3,(H,18,19). The van der Waals surface area contributed by atoms with Crippen LogP contribution in [0.2, 0.25) is 5.02 Å². The van der Waals surface area contributed by atoms with Gasteiger partial charge in [0.1, 0.15) is 0 Å². The first-order chi connectivity index (χ1) is 9.06. The Bertz CT molecular complexity index is 442. The topological polar surface area (TPSA) is 41.1 Å². The predicted molar refractivity (Wildman–Crippen MR) is 78.5 cm³/mol. The molecule has 1 saturated carbocycles. The van der Waals surface area contributed by atoms with Gasteiger partial charge in [-0.25, -0.2) is 0 Å². The maximum atomic E-state index is 11.5. The average Bonchev–Trinajstić information content (AvgIpc) is 2.28. The molecule has 0 saturated heterocycles. The molecule has 1 fully saturated rings. The molecule has 1 aromatic carbocycles. The van der Waals surface area contributed by atoms with E-state index in [-0.39, 0.29) is 11.9 Å². The lowest BCUT2D eigenvalue weighted by Crippen LogP contribution is -2.46. The number of carbonyl (C=O) groups is 1. The third-order valence-corrected chi connectivity index (χ3v) is 3.83. The van der Waals surface area contributed by atoms with Crippen molar-refractivity contribution in [3.8, 4) is 0 Å². The molecule has 0 radical (unpaired) electrons. The molecule has 2 N–H and O–H groups in total. The molecule has 19 heavy (non-hydrogen) atoms. The van der Waals surface area contributed by atoms with E-state index < -0.39 is 0 Å². The van der Waals surface area contributed by atoms with E-state index in [2.05, 4.69) is 16.7 Å². The highest BCUT2D eigenvalue weighted by Gasteiger charge is 2.31. The maximum Gasteiger partial charge on any atom is 0.234 e. The molecule has 104 valence electrons. The van der Waals surface area contributed by atoms with Crippen LogP contribution in [0.4, 0.5) is 0 Å². The van der Waals surface area contributed by atoms with E-state index in [9.17, 15) is 4.79 Å². The summed E-state index contributed by atoms with van der Waals surface area (Å²) >= 11 is 6.18. The summed E-state index contributed by atoms with van der Waals surface area (Å²) in [6.07, 6.45) is 2.11. The minimum atomic E-state index is 0.0659. The van der Waals surface area contributed by atoms with E-state index in [1.807, 2.05) is 32.0 Å². The highest BCUT2D eigenvalue weighted by Crippen LogP contribution is 2.39. The van der Waals surface area contributed by atoms with Gasteiger partial charge in [-0.1, -0.05) is 29.8 Å². The lowest BCUT2D eigenvalue weighted by molar-refractivity contribution is -0.121. The minimum absolute atomic E-state index is 0.0659. The van der Waals surface area contributed by atoms with Gasteiger partial charge < -0.3 is 10.6 Å². The summed E-state index contributed by atoms with van der Waals surface area (Å²) in [5, 5.41) is 7.01. The van der Waals surface area contributed by atoms with Gasteiger partial charge in [0, 0.05) is 17.1 Å². The number of carbonyl (C=O) groups excluding carboxylic acids is 1. The highest BCUT2D eigenvalue weighted by atomic mass is 35.5. The second-order valence-corrected chi connectivity index (χ2v) is 5.90. The van der Waals surface area contributed by atoms with Crippen LogP contribution < -0.4 is 10.6 Å². The summed E-state index contributed by atoms with van der Waals surface area (Å²) < 4.78 is 0. The molecular formula is C15H21ClN2O. The third kappa shape index (κ3) is 3.95. The van der Waals surface area contributed by atoms with Crippen molar-refractivity contribution in [2.45, 2.75) is 44.7 Å². The number of nitrogens with one attached hydrogen (secondary N) is 2. The molecule has 0 unspecified atom stereocenters. The predicted octanol–water partition coefficient (Wildman–Crippen LogP) is 2.70. The van der Waals surface area contributed by atoms with Crippen LogP contribution in [0.15, 0.2) is 24.3 Å². The Hall–Kier alpha value is -1.06. The van der Waals surface area contributed by atoms with Gasteiger partial charge in [0.2, 0.25) is 5.91 Å². The third-order valence-electron chi connectivity index (χ3n) is 3.48. The first-order valence-electron chi connectivity index (χ1n) is 6.83. The van der Waals surface area contributed by atoms with Gasteiger partial charge in [0.05, 0.1) is 6.54 Å². The molecule has 3 nitrogen and oxygen atoms in total. The molecule has 0 bridgehead atoms. The van der Waals surface area contributed by atoms with Crippen molar-refractivity contribution in [3.05, 3.63) is 34.9 Å². The largest absolute Gasteiger partial charge is 0.353 e. The van der Waals surface area contributed by atoms with E-state index in [4.69, 9.17) is 11.6 Å². The van der Waals surface area contributed by atoms with Gasteiger partial charge in [0.25, 0.3) is 0 Å². The molecule has 0 heterocycles. The van der Waals surface area contributed by atoms with Crippen molar-refractivity contribution >= 4 is 17.5 Å². The summed E-state index contributed by atoms with van der Waals surface area (Å²) in [5.41, 5.74) is 1.23. The molecular weight excluding hydrogens is 260 g/mol. The molecule has 1 aromatic rings. The number of halogens is 1. The summed E-state index contributed by atoms with van der Waals surface area (Å²) in [5.74, 6) is 0.593. The monoisotopic (exact) mass is 280 g/mol. The maximum absolute atomic E-state index is 11.5. The average molecular weight is 281 g/mol. The molecule has 1 amide bonds. The Kier molecular flexibility index (Phi) is 4.83. The van der Waals surface area contributed by atoms with E-state index in [0.29, 0.717) is 18.5 Å². The van der Waals surface area contributed by atoms with Gasteiger partial charge in [-0.2, -0.15) is 0 Å². The smallest absolute Gasteiger partial charge is 0.234 e. The van der Waals surface area contributed by atoms with E-state index in [1.165, 1.54) is 5.56 Å². The van der Waals surface area contributed by atoms with Gasteiger partial charge in [0.15, 0.2) is 0 Å². The lowest BCUT2D eigenvalue weighted by Gasteiger charge is -2.36. The first kappa shape index (κ1) is 14.4. The van der Waals surface area contributed by atoms with Gasteiger partial charge in [-0.15, -0.1) is 0 Å². The van der Waals surface area contributed by atoms with Crippen LogP contribution in [0, 0.1) is 0 Å². The zero-order valence-electron chi connectivity index (χ0n) is 11.4. The zero-order valence-corrected chi connectivity index (χ0v) is 12.2. The van der Waals surface area contributed by atoms with Crippen molar-refractivity contribution in [1.29, 1.82) is 0 Å². The Morgan fingerprint density at radius 2 is 2.05 bits per heavy atom. The number of benzene rings is 1. The first-order valence-corrected chi connectivity index (χ1v) is 7.21. The van der Waals surface area contributed by atoms with Crippen LogP contribution in [0.25, 0.3) is 0 Å². The molecule has 1 aliphatic rings. The Balaban J connectivity index is 1.72. The number of hydrogen-bond donors (Lipinski definition) is 2. The number of amides is 1. The van der Waals surface area contributed by atoms with Crippen LogP contribution in [-0.2, 0) is 4.79 Å². The van der Waals surface area contributed by atoms with Crippen LogP contribution in [0.5, 0.6) is 0 Å². The lowest BCUT2D eigenvalue weighted by atomic mass is 9.76. The quantitative estimate of drug-likeness (QED) is 0.871. The van der Waals surface area contributed by atoms with Crippen molar-refractivity contribution in [1.82, 2.24) is 10.6 Å². The van der Waals surface area contributed by atoms with Gasteiger partial charge in [-0.05, 0) is 44.2 Å². The molecule has 2 rings (SSSR count). The van der Waals surface area contributed by atoms with Crippen molar-refractivity contribution < 1.29 is 4.79 Å².